The number of thioether (sulfide) groups is 1. The lowest BCUT2D eigenvalue weighted by Gasteiger charge is -2.03. The number of anilines is 1. The Morgan fingerprint density at radius 2 is 2.12 bits per heavy atom. The summed E-state index contributed by atoms with van der Waals surface area (Å²) in [6.07, 6.45) is 0. The van der Waals surface area contributed by atoms with Crippen molar-refractivity contribution in [1.82, 2.24) is 0 Å². The van der Waals surface area contributed by atoms with Gasteiger partial charge in [0.05, 0.1) is 3.79 Å². The zero-order chi connectivity index (χ0) is 11.5. The van der Waals surface area contributed by atoms with E-state index < -0.39 is 0 Å². The van der Waals surface area contributed by atoms with Crippen LogP contribution in [0.4, 0.5) is 5.69 Å². The van der Waals surface area contributed by atoms with E-state index in [0.29, 0.717) is 0 Å². The second kappa shape index (κ2) is 5.25. The molecule has 84 valence electrons. The number of aryl methyl sites for hydroxylation is 1. The van der Waals surface area contributed by atoms with Crippen LogP contribution in [0, 0.1) is 6.92 Å². The molecule has 0 fully saturated rings. The molecule has 0 aliphatic carbocycles. The third-order valence-electron chi connectivity index (χ3n) is 2.25. The van der Waals surface area contributed by atoms with Gasteiger partial charge in [-0.05, 0) is 58.7 Å². The molecular weight excluding hydrogens is 302 g/mol. The third kappa shape index (κ3) is 3.03. The summed E-state index contributed by atoms with van der Waals surface area (Å²) in [5.74, 6) is 1.01. The van der Waals surface area contributed by atoms with E-state index in [1.54, 1.807) is 11.3 Å². The fraction of sp³-hybridized carbons (Fsp3) is 0.167. The molecule has 0 aliphatic rings. The highest BCUT2D eigenvalue weighted by atomic mass is 79.9. The van der Waals surface area contributed by atoms with Crippen LogP contribution < -0.4 is 5.73 Å². The molecule has 0 atom stereocenters. The summed E-state index contributed by atoms with van der Waals surface area (Å²) in [5.41, 5.74) is 7.80. The van der Waals surface area contributed by atoms with Crippen molar-refractivity contribution in [2.75, 3.05) is 5.73 Å². The molecule has 2 N–H and O–H groups in total. The van der Waals surface area contributed by atoms with Crippen molar-refractivity contribution in [3.8, 4) is 0 Å². The van der Waals surface area contributed by atoms with E-state index in [-0.39, 0.29) is 0 Å². The van der Waals surface area contributed by atoms with Gasteiger partial charge in [0.1, 0.15) is 0 Å². The fourth-order valence-electron chi connectivity index (χ4n) is 1.32. The zero-order valence-electron chi connectivity index (χ0n) is 8.87. The molecule has 1 aromatic heterocycles. The standard InChI is InChI=1S/C12H12BrNS2/c1-8-6-9(2-4-11(8)14)15-7-10-3-5-12(13)16-10/h2-6H,7,14H2,1H3. The Labute approximate surface area is 112 Å². The lowest BCUT2D eigenvalue weighted by atomic mass is 10.2. The first-order valence-electron chi connectivity index (χ1n) is 4.88. The van der Waals surface area contributed by atoms with Crippen LogP contribution in [0.3, 0.4) is 0 Å². The van der Waals surface area contributed by atoms with Gasteiger partial charge in [-0.3, -0.25) is 0 Å². The molecule has 0 bridgehead atoms. The lowest BCUT2D eigenvalue weighted by Crippen LogP contribution is -1.88. The molecule has 1 nitrogen and oxygen atoms in total. The van der Waals surface area contributed by atoms with E-state index in [4.69, 9.17) is 5.73 Å². The lowest BCUT2D eigenvalue weighted by molar-refractivity contribution is 1.35. The van der Waals surface area contributed by atoms with Gasteiger partial charge in [-0.2, -0.15) is 0 Å². The highest BCUT2D eigenvalue weighted by Crippen LogP contribution is 2.30. The largest absolute Gasteiger partial charge is 0.399 e. The van der Waals surface area contributed by atoms with Crippen molar-refractivity contribution in [1.29, 1.82) is 0 Å². The summed E-state index contributed by atoms with van der Waals surface area (Å²) >= 11 is 7.10. The minimum Gasteiger partial charge on any atom is -0.399 e. The van der Waals surface area contributed by atoms with E-state index in [2.05, 4.69) is 40.2 Å². The number of benzene rings is 1. The molecule has 2 rings (SSSR count). The minimum absolute atomic E-state index is 0.864. The van der Waals surface area contributed by atoms with Crippen molar-refractivity contribution in [2.24, 2.45) is 0 Å². The number of rotatable bonds is 3. The van der Waals surface area contributed by atoms with Crippen LogP contribution in [0.2, 0.25) is 0 Å². The van der Waals surface area contributed by atoms with Crippen LogP contribution in [0.5, 0.6) is 0 Å². The SMILES string of the molecule is Cc1cc(SCc2ccc(Br)s2)ccc1N. The first-order chi connectivity index (χ1) is 7.65. The quantitative estimate of drug-likeness (QED) is 0.657. The maximum absolute atomic E-state index is 5.79. The van der Waals surface area contributed by atoms with Crippen LogP contribution in [-0.4, -0.2) is 0 Å². The van der Waals surface area contributed by atoms with E-state index in [1.165, 1.54) is 13.6 Å². The number of halogens is 1. The van der Waals surface area contributed by atoms with Crippen molar-refractivity contribution in [3.05, 3.63) is 44.6 Å². The van der Waals surface area contributed by atoms with Gasteiger partial charge in [0.2, 0.25) is 0 Å². The summed E-state index contributed by atoms with van der Waals surface area (Å²) in [6.45, 7) is 2.04. The highest BCUT2D eigenvalue weighted by Gasteiger charge is 2.01. The summed E-state index contributed by atoms with van der Waals surface area (Å²) in [5, 5.41) is 0. The molecule has 16 heavy (non-hydrogen) atoms. The van der Waals surface area contributed by atoms with Crippen LogP contribution in [0.1, 0.15) is 10.4 Å². The van der Waals surface area contributed by atoms with Gasteiger partial charge in [0.25, 0.3) is 0 Å². The molecule has 0 unspecified atom stereocenters. The van der Waals surface area contributed by atoms with Gasteiger partial charge in [-0.1, -0.05) is 0 Å². The Morgan fingerprint density at radius 1 is 1.31 bits per heavy atom. The first-order valence-corrected chi connectivity index (χ1v) is 7.48. The van der Waals surface area contributed by atoms with Crippen LogP contribution >= 0.6 is 39.0 Å². The topological polar surface area (TPSA) is 26.0 Å². The third-order valence-corrected chi connectivity index (χ3v) is 5.10. The van der Waals surface area contributed by atoms with Crippen LogP contribution in [0.15, 0.2) is 39.0 Å². The molecule has 0 spiro atoms. The van der Waals surface area contributed by atoms with Gasteiger partial charge in [-0.15, -0.1) is 23.1 Å². The normalized spacial score (nSPS) is 10.6. The summed E-state index contributed by atoms with van der Waals surface area (Å²) < 4.78 is 1.19. The van der Waals surface area contributed by atoms with Crippen molar-refractivity contribution >= 4 is 44.7 Å². The van der Waals surface area contributed by atoms with Gasteiger partial charge in [-0.25, -0.2) is 0 Å². The number of nitrogens with two attached hydrogens (primary N) is 1. The average molecular weight is 314 g/mol. The second-order valence-corrected chi connectivity index (χ2v) is 7.11. The molecule has 0 saturated carbocycles. The molecule has 1 aromatic carbocycles. The van der Waals surface area contributed by atoms with Gasteiger partial charge in [0.15, 0.2) is 0 Å². The predicted octanol–water partition coefficient (Wildman–Crippen LogP) is 4.69. The molecule has 4 heteroatoms. The summed E-state index contributed by atoms with van der Waals surface area (Å²) in [4.78, 5) is 2.66. The molecule has 2 aromatic rings. The molecule has 0 saturated heterocycles. The Kier molecular flexibility index (Phi) is 3.95. The molecule has 0 radical (unpaired) electrons. The number of hydrogen-bond donors (Lipinski definition) is 1. The molecule has 0 amide bonds. The smallest absolute Gasteiger partial charge is 0.0701 e. The van der Waals surface area contributed by atoms with Crippen LogP contribution in [-0.2, 0) is 5.75 Å². The van der Waals surface area contributed by atoms with Gasteiger partial charge in [0, 0.05) is 21.2 Å². The monoisotopic (exact) mass is 313 g/mol. The Hall–Kier alpha value is -0.450. The predicted molar refractivity (Wildman–Crippen MR) is 77.2 cm³/mol. The second-order valence-electron chi connectivity index (χ2n) is 3.51. The van der Waals surface area contributed by atoms with E-state index in [9.17, 15) is 0 Å². The summed E-state index contributed by atoms with van der Waals surface area (Å²) in [7, 11) is 0. The van der Waals surface area contributed by atoms with E-state index in [1.807, 2.05) is 24.8 Å². The molecule has 0 aliphatic heterocycles. The fourth-order valence-corrected chi connectivity index (χ4v) is 3.84. The average Bonchev–Trinajstić information content (AvgIpc) is 2.66. The van der Waals surface area contributed by atoms with Gasteiger partial charge < -0.3 is 5.73 Å². The number of thiophene rings is 1. The first kappa shape index (κ1) is 12.0. The van der Waals surface area contributed by atoms with Gasteiger partial charge >= 0.3 is 0 Å². The Morgan fingerprint density at radius 3 is 2.75 bits per heavy atom. The van der Waals surface area contributed by atoms with Crippen molar-refractivity contribution in [3.63, 3.8) is 0 Å². The number of nitrogen functional groups attached to an aromatic ring is 1. The van der Waals surface area contributed by atoms with Crippen LogP contribution in [0.25, 0.3) is 0 Å². The summed E-state index contributed by atoms with van der Waals surface area (Å²) in [6, 6.07) is 10.4. The van der Waals surface area contributed by atoms with E-state index >= 15 is 0 Å². The van der Waals surface area contributed by atoms with E-state index in [0.717, 1.165) is 17.0 Å². The Balaban J connectivity index is 2.02. The zero-order valence-corrected chi connectivity index (χ0v) is 12.1. The molecular formula is C12H12BrNS2. The minimum atomic E-state index is 0.864. The maximum atomic E-state index is 5.79. The highest BCUT2D eigenvalue weighted by molar-refractivity contribution is 9.11. The van der Waals surface area contributed by atoms with Crippen molar-refractivity contribution < 1.29 is 0 Å². The Bertz CT molecular complexity index is 494. The van der Waals surface area contributed by atoms with Crippen molar-refractivity contribution in [2.45, 2.75) is 17.6 Å². The maximum Gasteiger partial charge on any atom is 0.0701 e. The number of hydrogen-bond acceptors (Lipinski definition) is 3. The molecule has 1 heterocycles.